The quantitative estimate of drug-likeness (QED) is 0.600. The van der Waals surface area contributed by atoms with E-state index in [-0.39, 0.29) is 24.7 Å². The number of carbonyl (C=O) groups excluding carboxylic acids is 1. The summed E-state index contributed by atoms with van der Waals surface area (Å²) in [5, 5.41) is 16.0. The van der Waals surface area contributed by atoms with E-state index < -0.39 is 5.97 Å². The van der Waals surface area contributed by atoms with Gasteiger partial charge < -0.3 is 20.7 Å². The van der Waals surface area contributed by atoms with E-state index >= 15 is 0 Å². The van der Waals surface area contributed by atoms with E-state index in [9.17, 15) is 9.59 Å². The fourth-order valence-electron chi connectivity index (χ4n) is 3.71. The Morgan fingerprint density at radius 3 is 2.70 bits per heavy atom. The Balaban J connectivity index is 1.45. The van der Waals surface area contributed by atoms with Gasteiger partial charge in [0.05, 0.1) is 6.54 Å². The minimum Gasteiger partial charge on any atom is -0.480 e. The maximum absolute atomic E-state index is 12.1. The lowest BCUT2D eigenvalue weighted by molar-refractivity contribution is -0.139. The van der Waals surface area contributed by atoms with Crippen molar-refractivity contribution in [1.82, 2.24) is 20.5 Å². The zero-order valence-corrected chi connectivity index (χ0v) is 16.1. The van der Waals surface area contributed by atoms with Crippen molar-refractivity contribution < 1.29 is 14.7 Å². The summed E-state index contributed by atoms with van der Waals surface area (Å²) in [7, 11) is 0. The molecule has 3 rings (SSSR count). The number of hydrogen-bond donors (Lipinski definition) is 4. The fraction of sp³-hybridized carbons (Fsp3) is 0.500. The molecule has 0 atom stereocenters. The Hall–Kier alpha value is -2.54. The smallest absolute Gasteiger partial charge is 0.317 e. The van der Waals surface area contributed by atoms with Gasteiger partial charge in [-0.3, -0.25) is 9.69 Å². The molecule has 27 heavy (non-hydrogen) atoms. The second-order valence-electron chi connectivity index (χ2n) is 7.36. The monoisotopic (exact) mass is 372 g/mol. The van der Waals surface area contributed by atoms with E-state index in [0.717, 1.165) is 29.6 Å². The van der Waals surface area contributed by atoms with E-state index in [1.165, 1.54) is 10.9 Å². The lowest BCUT2D eigenvalue weighted by Gasteiger charge is -2.42. The highest BCUT2D eigenvalue weighted by Gasteiger charge is 2.34. The van der Waals surface area contributed by atoms with Crippen molar-refractivity contribution in [3.63, 3.8) is 0 Å². The highest BCUT2D eigenvalue weighted by atomic mass is 16.4. The number of hydrogen-bond acceptors (Lipinski definition) is 3. The number of carboxylic acid groups (broad SMARTS) is 1. The first-order chi connectivity index (χ1) is 12.9. The fourth-order valence-corrected chi connectivity index (χ4v) is 3.71. The molecule has 1 saturated carbocycles. The molecule has 0 radical (unpaired) electrons. The molecule has 1 aromatic heterocycles. The van der Waals surface area contributed by atoms with Gasteiger partial charge in [-0.25, -0.2) is 4.79 Å². The first-order valence-corrected chi connectivity index (χ1v) is 9.45. The molecule has 1 aliphatic rings. The predicted octanol–water partition coefficient (Wildman–Crippen LogP) is 2.52. The molecule has 0 aliphatic heterocycles. The number of nitrogens with zero attached hydrogens (tertiary/aromatic N) is 1. The second-order valence-corrected chi connectivity index (χ2v) is 7.36. The Kier molecular flexibility index (Phi) is 5.70. The molecule has 1 aliphatic carbocycles. The number of carbonyl (C=O) groups is 2. The summed E-state index contributed by atoms with van der Waals surface area (Å²) in [6, 6.07) is 6.33. The van der Waals surface area contributed by atoms with Gasteiger partial charge in [0, 0.05) is 35.2 Å². The van der Waals surface area contributed by atoms with Crippen LogP contribution in [0.2, 0.25) is 0 Å². The molecular weight excluding hydrogens is 344 g/mol. The van der Waals surface area contributed by atoms with Gasteiger partial charge in [-0.2, -0.15) is 0 Å². The predicted molar refractivity (Wildman–Crippen MR) is 105 cm³/mol. The Morgan fingerprint density at radius 2 is 2.04 bits per heavy atom. The molecule has 4 N–H and O–H groups in total. The van der Waals surface area contributed by atoms with Gasteiger partial charge in [0.1, 0.15) is 0 Å². The molecule has 2 aromatic rings. The van der Waals surface area contributed by atoms with Crippen LogP contribution in [-0.2, 0) is 11.3 Å². The third kappa shape index (κ3) is 4.42. The molecule has 0 bridgehead atoms. The zero-order chi connectivity index (χ0) is 19.6. The minimum absolute atomic E-state index is 0.0562. The van der Waals surface area contributed by atoms with Crippen molar-refractivity contribution in [2.75, 3.05) is 13.1 Å². The van der Waals surface area contributed by atoms with Crippen molar-refractivity contribution in [1.29, 1.82) is 0 Å². The maximum Gasteiger partial charge on any atom is 0.317 e. The van der Waals surface area contributed by atoms with Crippen LogP contribution in [0.3, 0.4) is 0 Å². The molecule has 0 spiro atoms. The van der Waals surface area contributed by atoms with Gasteiger partial charge in [0.15, 0.2) is 0 Å². The number of nitrogens with one attached hydrogen (secondary N) is 3. The summed E-state index contributed by atoms with van der Waals surface area (Å²) in [6.07, 6.45) is 1.59. The number of rotatable bonds is 7. The maximum atomic E-state index is 12.1. The second kappa shape index (κ2) is 8.00. The number of fused-ring (bicyclic) bond motifs is 1. The van der Waals surface area contributed by atoms with Crippen LogP contribution < -0.4 is 10.6 Å². The zero-order valence-electron chi connectivity index (χ0n) is 16.1. The number of aryl methyl sites for hydroxylation is 2. The summed E-state index contributed by atoms with van der Waals surface area (Å²) in [5.41, 5.74) is 4.57. The lowest BCUT2D eigenvalue weighted by atomic mass is 9.85. The van der Waals surface area contributed by atoms with Gasteiger partial charge in [0.25, 0.3) is 0 Å². The van der Waals surface area contributed by atoms with E-state index in [4.69, 9.17) is 5.11 Å². The first kappa shape index (κ1) is 19.2. The van der Waals surface area contributed by atoms with Crippen molar-refractivity contribution in [2.24, 2.45) is 0 Å². The highest BCUT2D eigenvalue weighted by molar-refractivity contribution is 5.85. The van der Waals surface area contributed by atoms with Crippen LogP contribution >= 0.6 is 0 Å². The number of amides is 2. The normalized spacial score (nSPS) is 19.1. The van der Waals surface area contributed by atoms with Crippen LogP contribution in [0.25, 0.3) is 10.9 Å². The van der Waals surface area contributed by atoms with Crippen molar-refractivity contribution in [2.45, 2.75) is 52.2 Å². The summed E-state index contributed by atoms with van der Waals surface area (Å²) >= 11 is 0. The Morgan fingerprint density at radius 1 is 1.30 bits per heavy atom. The Labute approximate surface area is 159 Å². The van der Waals surface area contributed by atoms with Crippen LogP contribution in [0.4, 0.5) is 4.79 Å². The summed E-state index contributed by atoms with van der Waals surface area (Å²) < 4.78 is 0. The summed E-state index contributed by atoms with van der Waals surface area (Å²) in [6.45, 7) is 7.34. The average molecular weight is 372 g/mol. The van der Waals surface area contributed by atoms with Gasteiger partial charge >= 0.3 is 12.0 Å². The SMILES string of the molecule is CCN(CC(=O)O)C1CC(NC(=O)NCc2ccc3[nH]c(C)c(C)c3c2)C1. The van der Waals surface area contributed by atoms with Crippen LogP contribution in [-0.4, -0.2) is 52.2 Å². The number of aromatic nitrogens is 1. The summed E-state index contributed by atoms with van der Waals surface area (Å²) in [5.74, 6) is -0.809. The molecule has 146 valence electrons. The number of H-pyrrole nitrogens is 1. The van der Waals surface area contributed by atoms with Crippen molar-refractivity contribution >= 4 is 22.9 Å². The first-order valence-electron chi connectivity index (χ1n) is 9.45. The number of urea groups is 1. The number of carboxylic acids is 1. The van der Waals surface area contributed by atoms with E-state index in [1.54, 1.807) is 0 Å². The molecule has 0 saturated heterocycles. The van der Waals surface area contributed by atoms with E-state index in [0.29, 0.717) is 13.1 Å². The minimum atomic E-state index is -0.809. The van der Waals surface area contributed by atoms with Crippen molar-refractivity contribution in [3.05, 3.63) is 35.0 Å². The highest BCUT2D eigenvalue weighted by Crippen LogP contribution is 2.25. The van der Waals surface area contributed by atoms with Gasteiger partial charge in [0.2, 0.25) is 0 Å². The molecule has 1 aromatic carbocycles. The largest absolute Gasteiger partial charge is 0.480 e. The van der Waals surface area contributed by atoms with Crippen LogP contribution in [0.15, 0.2) is 18.2 Å². The van der Waals surface area contributed by atoms with Crippen LogP contribution in [0, 0.1) is 13.8 Å². The molecule has 2 amide bonds. The number of aromatic amines is 1. The molecule has 1 fully saturated rings. The van der Waals surface area contributed by atoms with Crippen LogP contribution in [0.1, 0.15) is 36.6 Å². The molecular formula is C20H28N4O3. The van der Waals surface area contributed by atoms with Gasteiger partial charge in [-0.05, 0) is 56.5 Å². The lowest BCUT2D eigenvalue weighted by Crippen LogP contribution is -2.56. The number of aliphatic carboxylic acids is 1. The molecule has 0 unspecified atom stereocenters. The number of likely N-dealkylation sites (N-methyl/N-ethyl adjacent to an activating group) is 1. The van der Waals surface area contributed by atoms with Gasteiger partial charge in [-0.1, -0.05) is 13.0 Å². The standard InChI is InChI=1S/C20H28N4O3/c1-4-24(11-19(25)26)16-8-15(9-16)23-20(27)21-10-14-5-6-18-17(7-14)12(2)13(3)22-18/h5-7,15-16,22H,4,8-11H2,1-3H3,(H,25,26)(H2,21,23,27). The van der Waals surface area contributed by atoms with Gasteiger partial charge in [-0.15, -0.1) is 0 Å². The summed E-state index contributed by atoms with van der Waals surface area (Å²) in [4.78, 5) is 28.3. The number of benzene rings is 1. The molecule has 7 heteroatoms. The van der Waals surface area contributed by atoms with Crippen molar-refractivity contribution in [3.8, 4) is 0 Å². The average Bonchev–Trinajstić information content (AvgIpc) is 2.88. The van der Waals surface area contributed by atoms with E-state index in [2.05, 4.69) is 35.5 Å². The van der Waals surface area contributed by atoms with E-state index in [1.807, 2.05) is 24.0 Å². The molecule has 1 heterocycles. The Bertz CT molecular complexity index is 839. The topological polar surface area (TPSA) is 97.5 Å². The van der Waals surface area contributed by atoms with Crippen LogP contribution in [0.5, 0.6) is 0 Å². The third-order valence-electron chi connectivity index (χ3n) is 5.54. The third-order valence-corrected chi connectivity index (χ3v) is 5.54. The molecule has 7 nitrogen and oxygen atoms in total.